The highest BCUT2D eigenvalue weighted by Gasteiger charge is 2.01. The van der Waals surface area contributed by atoms with E-state index in [1.54, 1.807) is 0 Å². The second-order valence-electron chi connectivity index (χ2n) is 4.65. The van der Waals surface area contributed by atoms with Gasteiger partial charge in [0.05, 0.1) is 0 Å². The largest absolute Gasteiger partial charge is 0.327 e. The van der Waals surface area contributed by atoms with Gasteiger partial charge in [-0.3, -0.25) is 0 Å². The van der Waals surface area contributed by atoms with Gasteiger partial charge in [0.25, 0.3) is 0 Å². The van der Waals surface area contributed by atoms with Crippen molar-refractivity contribution >= 4 is 0 Å². The van der Waals surface area contributed by atoms with Crippen LogP contribution in [0.1, 0.15) is 50.7 Å². The van der Waals surface area contributed by atoms with E-state index in [1.807, 2.05) is 0 Å². The van der Waals surface area contributed by atoms with E-state index >= 15 is 0 Å². The van der Waals surface area contributed by atoms with Gasteiger partial charge in [-0.1, -0.05) is 51.0 Å². The molecule has 0 heterocycles. The summed E-state index contributed by atoms with van der Waals surface area (Å²) in [6.07, 6.45) is 7.22. The fourth-order valence-corrected chi connectivity index (χ4v) is 1.87. The number of rotatable bonds is 7. The summed E-state index contributed by atoms with van der Waals surface area (Å²) < 4.78 is 0. The van der Waals surface area contributed by atoms with Crippen molar-refractivity contribution in [3.05, 3.63) is 35.4 Å². The average molecular weight is 219 g/mol. The predicted octanol–water partition coefficient (Wildman–Crippen LogP) is 3.70. The third kappa shape index (κ3) is 4.80. The first-order valence-electron chi connectivity index (χ1n) is 6.59. The fourth-order valence-electron chi connectivity index (χ4n) is 1.87. The standard InChI is InChI=1S/C15H25N/c1-3-5-6-7-13-8-10-14(11-9-13)12-15(16)4-2/h8-11,15H,3-7,12,16H2,1-2H3. The van der Waals surface area contributed by atoms with Gasteiger partial charge < -0.3 is 5.73 Å². The number of nitrogens with two attached hydrogens (primary N) is 1. The topological polar surface area (TPSA) is 26.0 Å². The molecule has 0 aliphatic carbocycles. The maximum Gasteiger partial charge on any atom is 0.00766 e. The zero-order valence-electron chi connectivity index (χ0n) is 10.7. The summed E-state index contributed by atoms with van der Waals surface area (Å²) in [6.45, 7) is 4.39. The maximum atomic E-state index is 5.94. The number of hydrogen-bond donors (Lipinski definition) is 1. The minimum absolute atomic E-state index is 0.311. The molecule has 1 nitrogen and oxygen atoms in total. The maximum absolute atomic E-state index is 5.94. The zero-order valence-corrected chi connectivity index (χ0v) is 10.7. The van der Waals surface area contributed by atoms with Gasteiger partial charge in [-0.05, 0) is 36.8 Å². The number of benzene rings is 1. The van der Waals surface area contributed by atoms with Crippen LogP contribution in [0.5, 0.6) is 0 Å². The van der Waals surface area contributed by atoms with E-state index in [1.165, 1.54) is 36.8 Å². The van der Waals surface area contributed by atoms with Gasteiger partial charge in [-0.25, -0.2) is 0 Å². The van der Waals surface area contributed by atoms with E-state index in [4.69, 9.17) is 5.73 Å². The summed E-state index contributed by atoms with van der Waals surface area (Å²) in [6, 6.07) is 9.29. The second kappa shape index (κ2) is 7.45. The molecule has 2 N–H and O–H groups in total. The van der Waals surface area contributed by atoms with E-state index in [0.717, 1.165) is 12.8 Å². The van der Waals surface area contributed by atoms with Crippen molar-refractivity contribution in [1.82, 2.24) is 0 Å². The van der Waals surface area contributed by atoms with Crippen LogP contribution in [0.3, 0.4) is 0 Å². The summed E-state index contributed by atoms with van der Waals surface area (Å²) in [5, 5.41) is 0. The van der Waals surface area contributed by atoms with E-state index in [2.05, 4.69) is 38.1 Å². The van der Waals surface area contributed by atoms with Gasteiger partial charge in [0, 0.05) is 6.04 Å². The quantitative estimate of drug-likeness (QED) is 0.695. The third-order valence-electron chi connectivity index (χ3n) is 3.11. The molecule has 1 aromatic carbocycles. The normalized spacial score (nSPS) is 12.7. The molecule has 0 aliphatic heterocycles. The van der Waals surface area contributed by atoms with Gasteiger partial charge >= 0.3 is 0 Å². The molecule has 16 heavy (non-hydrogen) atoms. The number of hydrogen-bond acceptors (Lipinski definition) is 1. The Morgan fingerprint density at radius 1 is 1.00 bits per heavy atom. The Balaban J connectivity index is 2.41. The molecule has 0 radical (unpaired) electrons. The molecule has 1 heteroatoms. The Morgan fingerprint density at radius 2 is 1.62 bits per heavy atom. The molecular formula is C15H25N. The molecule has 1 rings (SSSR count). The Morgan fingerprint density at radius 3 is 2.19 bits per heavy atom. The van der Waals surface area contributed by atoms with E-state index in [-0.39, 0.29) is 0 Å². The Bertz CT molecular complexity index is 276. The number of aryl methyl sites for hydroxylation is 1. The van der Waals surface area contributed by atoms with Crippen LogP contribution in [0.15, 0.2) is 24.3 Å². The van der Waals surface area contributed by atoms with Gasteiger partial charge in [0.1, 0.15) is 0 Å². The van der Waals surface area contributed by atoms with Crippen molar-refractivity contribution in [3.63, 3.8) is 0 Å². The molecule has 0 fully saturated rings. The van der Waals surface area contributed by atoms with Gasteiger partial charge in [-0.15, -0.1) is 0 Å². The molecule has 0 amide bonds. The minimum atomic E-state index is 0.311. The van der Waals surface area contributed by atoms with E-state index in [0.29, 0.717) is 6.04 Å². The highest BCUT2D eigenvalue weighted by molar-refractivity contribution is 5.23. The van der Waals surface area contributed by atoms with Crippen LogP contribution in [0.25, 0.3) is 0 Å². The highest BCUT2D eigenvalue weighted by atomic mass is 14.6. The molecule has 0 aromatic heterocycles. The molecule has 0 saturated carbocycles. The van der Waals surface area contributed by atoms with Crippen molar-refractivity contribution in [2.45, 2.75) is 58.4 Å². The first-order valence-corrected chi connectivity index (χ1v) is 6.59. The summed E-state index contributed by atoms with van der Waals surface area (Å²) in [5.74, 6) is 0. The predicted molar refractivity (Wildman–Crippen MR) is 71.6 cm³/mol. The average Bonchev–Trinajstić information content (AvgIpc) is 2.31. The molecule has 0 saturated heterocycles. The van der Waals surface area contributed by atoms with Crippen molar-refractivity contribution < 1.29 is 0 Å². The van der Waals surface area contributed by atoms with Crippen LogP contribution in [-0.2, 0) is 12.8 Å². The van der Waals surface area contributed by atoms with Crippen LogP contribution in [-0.4, -0.2) is 6.04 Å². The summed E-state index contributed by atoms with van der Waals surface area (Å²) >= 11 is 0. The first-order chi connectivity index (χ1) is 7.76. The Hall–Kier alpha value is -0.820. The van der Waals surface area contributed by atoms with Crippen LogP contribution >= 0.6 is 0 Å². The van der Waals surface area contributed by atoms with Crippen LogP contribution < -0.4 is 5.73 Å². The lowest BCUT2D eigenvalue weighted by Crippen LogP contribution is -2.21. The summed E-state index contributed by atoms with van der Waals surface area (Å²) in [7, 11) is 0. The lowest BCUT2D eigenvalue weighted by molar-refractivity contribution is 0.646. The third-order valence-corrected chi connectivity index (χ3v) is 3.11. The molecular weight excluding hydrogens is 194 g/mol. The highest BCUT2D eigenvalue weighted by Crippen LogP contribution is 2.10. The number of unbranched alkanes of at least 4 members (excludes halogenated alkanes) is 2. The van der Waals surface area contributed by atoms with Crippen LogP contribution in [0.4, 0.5) is 0 Å². The Kier molecular flexibility index (Phi) is 6.17. The lowest BCUT2D eigenvalue weighted by Gasteiger charge is -2.09. The summed E-state index contributed by atoms with van der Waals surface area (Å²) in [5.41, 5.74) is 8.77. The van der Waals surface area contributed by atoms with Gasteiger partial charge in [0.15, 0.2) is 0 Å². The molecule has 90 valence electrons. The monoisotopic (exact) mass is 219 g/mol. The smallest absolute Gasteiger partial charge is 0.00766 e. The van der Waals surface area contributed by atoms with Gasteiger partial charge in [-0.2, -0.15) is 0 Å². The Labute approximate surface area is 100 Å². The summed E-state index contributed by atoms with van der Waals surface area (Å²) in [4.78, 5) is 0. The van der Waals surface area contributed by atoms with Gasteiger partial charge in [0.2, 0.25) is 0 Å². The van der Waals surface area contributed by atoms with Crippen molar-refractivity contribution in [3.8, 4) is 0 Å². The van der Waals surface area contributed by atoms with E-state index in [9.17, 15) is 0 Å². The molecule has 1 aromatic rings. The second-order valence-corrected chi connectivity index (χ2v) is 4.65. The minimum Gasteiger partial charge on any atom is -0.327 e. The molecule has 0 bridgehead atoms. The van der Waals surface area contributed by atoms with Crippen LogP contribution in [0.2, 0.25) is 0 Å². The molecule has 1 atom stereocenters. The van der Waals surface area contributed by atoms with Crippen LogP contribution in [0, 0.1) is 0 Å². The molecule has 0 spiro atoms. The van der Waals surface area contributed by atoms with Crippen molar-refractivity contribution in [2.24, 2.45) is 5.73 Å². The fraction of sp³-hybridized carbons (Fsp3) is 0.600. The van der Waals surface area contributed by atoms with Crippen molar-refractivity contribution in [2.75, 3.05) is 0 Å². The zero-order chi connectivity index (χ0) is 11.8. The van der Waals surface area contributed by atoms with Crippen molar-refractivity contribution in [1.29, 1.82) is 0 Å². The van der Waals surface area contributed by atoms with E-state index < -0.39 is 0 Å². The molecule has 0 aliphatic rings. The SMILES string of the molecule is CCCCCc1ccc(CC(N)CC)cc1. The lowest BCUT2D eigenvalue weighted by atomic mass is 10.0. The first kappa shape index (κ1) is 13.2. The molecule has 1 unspecified atom stereocenters.